The lowest BCUT2D eigenvalue weighted by Gasteiger charge is -2.24. The van der Waals surface area contributed by atoms with Crippen LogP contribution >= 0.6 is 15.9 Å². The van der Waals surface area contributed by atoms with Crippen molar-refractivity contribution in [3.8, 4) is 0 Å². The second-order valence-corrected chi connectivity index (χ2v) is 7.57. The van der Waals surface area contributed by atoms with E-state index in [0.717, 1.165) is 9.37 Å². The first-order chi connectivity index (χ1) is 10.2. The van der Waals surface area contributed by atoms with Crippen LogP contribution in [-0.4, -0.2) is 48.1 Å². The maximum Gasteiger partial charge on any atom is 0.326 e. The highest BCUT2D eigenvalue weighted by Gasteiger charge is 2.43. The first-order valence-electron chi connectivity index (χ1n) is 6.38. The van der Waals surface area contributed by atoms with Crippen molar-refractivity contribution in [1.29, 1.82) is 0 Å². The minimum atomic E-state index is -4.87. The summed E-state index contributed by atoms with van der Waals surface area (Å²) in [6, 6.07) is 5.67. The third-order valence-corrected chi connectivity index (χ3v) is 5.11. The Bertz CT molecular complexity index is 708. The molecule has 1 aromatic rings. The molecule has 1 aliphatic heterocycles. The fraction of sp³-hybridized carbons (Fsp3) is 0.385. The molecule has 1 aromatic carbocycles. The molecule has 1 N–H and O–H groups in total. The molecule has 0 saturated carbocycles. The fourth-order valence-corrected chi connectivity index (χ4v) is 3.53. The van der Waals surface area contributed by atoms with E-state index in [-0.39, 0.29) is 6.42 Å². The van der Waals surface area contributed by atoms with Gasteiger partial charge < -0.3 is 10.0 Å². The second kappa shape index (κ2) is 6.33. The Morgan fingerprint density at radius 3 is 2.68 bits per heavy atom. The Balaban J connectivity index is 2.22. The molecule has 2 atom stereocenters. The Kier molecular flexibility index (Phi) is 4.86. The predicted molar refractivity (Wildman–Crippen MR) is 79.4 cm³/mol. The van der Waals surface area contributed by atoms with E-state index in [9.17, 15) is 27.0 Å². The van der Waals surface area contributed by atoms with E-state index in [0.29, 0.717) is 5.56 Å². The summed E-state index contributed by atoms with van der Waals surface area (Å²) in [6.45, 7) is -0.442. The number of nitrogens with zero attached hydrogens (tertiary/aromatic N) is 1. The number of likely N-dealkylation sites (tertiary alicyclic amines) is 1. The molecule has 9 heteroatoms. The number of halogens is 2. The van der Waals surface area contributed by atoms with E-state index in [4.69, 9.17) is 0 Å². The van der Waals surface area contributed by atoms with E-state index >= 15 is 0 Å². The summed E-state index contributed by atoms with van der Waals surface area (Å²) in [5.74, 6) is -1.93. The van der Waals surface area contributed by atoms with Crippen LogP contribution in [0.3, 0.4) is 0 Å². The van der Waals surface area contributed by atoms with Crippen LogP contribution < -0.4 is 0 Å². The number of carbonyl (C=O) groups excluding carboxylic acids is 1. The summed E-state index contributed by atoms with van der Waals surface area (Å²) >= 11 is 3.26. The van der Waals surface area contributed by atoms with Gasteiger partial charge in [-0.05, 0) is 17.7 Å². The average Bonchev–Trinajstić information content (AvgIpc) is 2.77. The van der Waals surface area contributed by atoms with Gasteiger partial charge in [0.2, 0.25) is 5.91 Å². The summed E-state index contributed by atoms with van der Waals surface area (Å²) in [5, 5.41) is 7.83. The second-order valence-electron chi connectivity index (χ2n) is 5.04. The van der Waals surface area contributed by atoms with Crippen LogP contribution in [0.1, 0.15) is 12.0 Å². The number of carboxylic acid groups (broad SMARTS) is 1. The third-order valence-electron chi connectivity index (χ3n) is 3.50. The van der Waals surface area contributed by atoms with Gasteiger partial charge in [0.05, 0.1) is 0 Å². The highest BCUT2D eigenvalue weighted by molar-refractivity contribution is 9.10. The van der Waals surface area contributed by atoms with Crippen molar-refractivity contribution in [2.24, 2.45) is 0 Å². The maximum atomic E-state index is 13.0. The molecule has 1 saturated heterocycles. The van der Waals surface area contributed by atoms with Gasteiger partial charge >= 0.3 is 16.2 Å². The summed E-state index contributed by atoms with van der Waals surface area (Å²) in [6.07, 6.45) is -0.513. The smallest absolute Gasteiger partial charge is 0.326 e. The zero-order chi connectivity index (χ0) is 16.5. The number of rotatable bonds is 5. The van der Waals surface area contributed by atoms with E-state index in [1.54, 1.807) is 24.3 Å². The van der Waals surface area contributed by atoms with Crippen LogP contribution in [0.15, 0.2) is 28.7 Å². The van der Waals surface area contributed by atoms with Crippen molar-refractivity contribution >= 4 is 38.0 Å². The predicted octanol–water partition coefficient (Wildman–Crippen LogP) is 1.35. The number of amides is 1. The molecule has 1 unspecified atom stereocenters. The SMILES string of the molecule is O=C(O)[C@H](Cc1cccc(Br)c1)N1CC(S(=O)(=O)F)CC1=O. The zero-order valence-corrected chi connectivity index (χ0v) is 13.7. The fourth-order valence-electron chi connectivity index (χ4n) is 2.41. The number of carboxylic acids is 1. The van der Waals surface area contributed by atoms with Gasteiger partial charge in [0.25, 0.3) is 0 Å². The van der Waals surface area contributed by atoms with Crippen LogP contribution in [-0.2, 0) is 26.2 Å². The van der Waals surface area contributed by atoms with E-state index in [1.165, 1.54) is 0 Å². The number of aliphatic carboxylic acids is 1. The number of hydrogen-bond acceptors (Lipinski definition) is 4. The molecule has 1 amide bonds. The monoisotopic (exact) mass is 393 g/mol. The van der Waals surface area contributed by atoms with Crippen LogP contribution in [0.25, 0.3) is 0 Å². The van der Waals surface area contributed by atoms with Crippen molar-refractivity contribution in [3.05, 3.63) is 34.3 Å². The van der Waals surface area contributed by atoms with Crippen molar-refractivity contribution in [2.45, 2.75) is 24.1 Å². The molecule has 2 rings (SSSR count). The first kappa shape index (κ1) is 16.9. The highest BCUT2D eigenvalue weighted by Crippen LogP contribution is 2.24. The lowest BCUT2D eigenvalue weighted by atomic mass is 10.1. The Morgan fingerprint density at radius 1 is 1.50 bits per heavy atom. The largest absolute Gasteiger partial charge is 0.480 e. The van der Waals surface area contributed by atoms with E-state index in [1.807, 2.05) is 0 Å². The van der Waals surface area contributed by atoms with E-state index in [2.05, 4.69) is 15.9 Å². The quantitative estimate of drug-likeness (QED) is 0.762. The Hall–Kier alpha value is -1.48. The Labute approximate surface area is 135 Å². The van der Waals surface area contributed by atoms with Gasteiger partial charge in [0.15, 0.2) is 0 Å². The van der Waals surface area contributed by atoms with Gasteiger partial charge in [0, 0.05) is 23.9 Å². The first-order valence-corrected chi connectivity index (χ1v) is 8.62. The standard InChI is InChI=1S/C13H13BrFNO5S/c14-9-3-1-2-8(4-9)5-11(13(18)19)16-7-10(6-12(16)17)22(15,20)21/h1-4,10-11H,5-7H2,(H,18,19)/t10?,11-/m0/s1. The molecular formula is C13H13BrFNO5S. The molecule has 0 bridgehead atoms. The van der Waals surface area contributed by atoms with Crippen LogP contribution in [0, 0.1) is 0 Å². The number of hydrogen-bond donors (Lipinski definition) is 1. The molecule has 1 fully saturated rings. The topological polar surface area (TPSA) is 91.8 Å². The molecule has 22 heavy (non-hydrogen) atoms. The summed E-state index contributed by atoms with van der Waals surface area (Å²) < 4.78 is 35.6. The molecule has 1 heterocycles. The molecule has 0 aliphatic carbocycles. The summed E-state index contributed by atoms with van der Waals surface area (Å²) in [4.78, 5) is 24.2. The van der Waals surface area contributed by atoms with Gasteiger partial charge in [-0.1, -0.05) is 28.1 Å². The molecule has 6 nitrogen and oxygen atoms in total. The molecular weight excluding hydrogens is 381 g/mol. The zero-order valence-electron chi connectivity index (χ0n) is 11.3. The summed E-state index contributed by atoms with van der Waals surface area (Å²) in [5.41, 5.74) is 0.668. The lowest BCUT2D eigenvalue weighted by Crippen LogP contribution is -2.44. The molecule has 0 radical (unpaired) electrons. The third kappa shape index (κ3) is 3.83. The Morgan fingerprint density at radius 2 is 2.18 bits per heavy atom. The minimum absolute atomic E-state index is 0.0135. The minimum Gasteiger partial charge on any atom is -0.480 e. The molecule has 1 aliphatic rings. The normalized spacial score (nSPS) is 20.2. The van der Waals surface area contributed by atoms with Crippen molar-refractivity contribution < 1.29 is 27.0 Å². The summed E-state index contributed by atoms with van der Waals surface area (Å²) in [7, 11) is -4.87. The highest BCUT2D eigenvalue weighted by atomic mass is 79.9. The lowest BCUT2D eigenvalue weighted by molar-refractivity contribution is -0.148. The van der Waals surface area contributed by atoms with Gasteiger partial charge in [-0.3, -0.25) is 4.79 Å². The van der Waals surface area contributed by atoms with Crippen LogP contribution in [0.2, 0.25) is 0 Å². The van der Waals surface area contributed by atoms with Crippen LogP contribution in [0.5, 0.6) is 0 Å². The van der Waals surface area contributed by atoms with Crippen molar-refractivity contribution in [1.82, 2.24) is 4.90 Å². The van der Waals surface area contributed by atoms with Gasteiger partial charge in [0.1, 0.15) is 11.3 Å². The van der Waals surface area contributed by atoms with Crippen molar-refractivity contribution in [3.63, 3.8) is 0 Å². The van der Waals surface area contributed by atoms with Gasteiger partial charge in [-0.15, -0.1) is 3.89 Å². The molecule has 120 valence electrons. The van der Waals surface area contributed by atoms with Gasteiger partial charge in [-0.25, -0.2) is 4.79 Å². The maximum absolute atomic E-state index is 13.0. The number of carbonyl (C=O) groups is 2. The van der Waals surface area contributed by atoms with Crippen molar-refractivity contribution in [2.75, 3.05) is 6.54 Å². The van der Waals surface area contributed by atoms with E-state index < -0.39 is 46.4 Å². The molecule has 0 spiro atoms. The number of benzene rings is 1. The van der Waals surface area contributed by atoms with Crippen LogP contribution in [0.4, 0.5) is 3.89 Å². The van der Waals surface area contributed by atoms with Gasteiger partial charge in [-0.2, -0.15) is 8.42 Å². The average molecular weight is 394 g/mol. The molecule has 0 aromatic heterocycles.